The standard InChI is InChI=1S/C36H26N4O2/c1-25-20-21-37-36(22-25)38-32-15-6-5-14-30(32)31-19-18-29(24-35(31)38)41-28-13-9-12-27(23-28)40-34-17-8-7-16-33(34)39(42-40)26-10-3-2-4-11-26/h2-24H,1H3/i1D3. The number of benzene rings is 5. The number of anilines is 4. The highest BCUT2D eigenvalue weighted by molar-refractivity contribution is 6.09. The maximum atomic E-state index is 7.92. The molecule has 0 amide bonds. The number of hydrogen-bond donors (Lipinski definition) is 0. The number of ether oxygens (including phenoxy) is 1. The van der Waals surface area contributed by atoms with Gasteiger partial charge in [0.1, 0.15) is 17.3 Å². The van der Waals surface area contributed by atoms with Gasteiger partial charge in [-0.3, -0.25) is 4.57 Å². The Labute approximate surface area is 247 Å². The Bertz CT molecular complexity index is 2200. The molecule has 0 aliphatic carbocycles. The molecule has 3 heterocycles. The summed E-state index contributed by atoms with van der Waals surface area (Å²) >= 11 is 0. The topological polar surface area (TPSA) is 42.8 Å². The van der Waals surface area contributed by atoms with Gasteiger partial charge in [0.05, 0.1) is 33.8 Å². The maximum absolute atomic E-state index is 7.92. The van der Waals surface area contributed by atoms with Gasteiger partial charge in [0.25, 0.3) is 0 Å². The highest BCUT2D eigenvalue weighted by atomic mass is 16.8. The van der Waals surface area contributed by atoms with E-state index in [2.05, 4.69) is 11.1 Å². The second kappa shape index (κ2) is 9.80. The summed E-state index contributed by atoms with van der Waals surface area (Å²) in [4.78, 5) is 10.9. The zero-order valence-corrected chi connectivity index (χ0v) is 22.4. The predicted octanol–water partition coefficient (Wildman–Crippen LogP) is 9.42. The van der Waals surface area contributed by atoms with E-state index in [1.807, 2.05) is 125 Å². The SMILES string of the molecule is [2H]C([2H])([2H])c1ccnc(-n2c3ccccc3c3ccc(Oc4cccc(N5ON(c6ccccc6)c6ccccc65)c4)cc32)c1. The third kappa shape index (κ3) is 4.05. The number of fused-ring (bicyclic) bond motifs is 4. The molecule has 0 saturated heterocycles. The van der Waals surface area contributed by atoms with E-state index in [0.29, 0.717) is 17.3 Å². The molecule has 0 fully saturated rings. The van der Waals surface area contributed by atoms with Crippen molar-refractivity contribution in [3.63, 3.8) is 0 Å². The van der Waals surface area contributed by atoms with E-state index in [4.69, 9.17) is 13.8 Å². The summed E-state index contributed by atoms with van der Waals surface area (Å²) in [6.45, 7) is -2.24. The van der Waals surface area contributed by atoms with Gasteiger partial charge in [0, 0.05) is 33.2 Å². The van der Waals surface area contributed by atoms with Gasteiger partial charge in [0.2, 0.25) is 0 Å². The fraction of sp³-hybridized carbons (Fsp3) is 0.0278. The van der Waals surface area contributed by atoms with Crippen LogP contribution in [0.4, 0.5) is 22.7 Å². The molecule has 0 unspecified atom stereocenters. The highest BCUT2D eigenvalue weighted by Gasteiger charge is 2.30. The largest absolute Gasteiger partial charge is 0.457 e. The van der Waals surface area contributed by atoms with Crippen LogP contribution in [0.25, 0.3) is 27.6 Å². The first kappa shape index (κ1) is 21.2. The molecule has 202 valence electrons. The normalized spacial score (nSPS) is 14.0. The van der Waals surface area contributed by atoms with E-state index in [9.17, 15) is 0 Å². The molecule has 5 aromatic carbocycles. The molecule has 0 N–H and O–H groups in total. The fourth-order valence-electron chi connectivity index (χ4n) is 5.52. The molecule has 6 nitrogen and oxygen atoms in total. The minimum Gasteiger partial charge on any atom is -0.457 e. The molecule has 1 aliphatic rings. The van der Waals surface area contributed by atoms with Crippen LogP contribution in [-0.2, 0) is 4.94 Å². The van der Waals surface area contributed by atoms with Crippen LogP contribution in [0.1, 0.15) is 9.68 Å². The van der Waals surface area contributed by atoms with E-state index in [0.717, 1.165) is 44.6 Å². The van der Waals surface area contributed by atoms with Crippen molar-refractivity contribution in [1.82, 2.24) is 9.55 Å². The Morgan fingerprint density at radius 2 is 1.33 bits per heavy atom. The molecule has 0 saturated carbocycles. The van der Waals surface area contributed by atoms with Crippen molar-refractivity contribution in [2.45, 2.75) is 6.85 Å². The summed E-state index contributed by atoms with van der Waals surface area (Å²) in [5, 5.41) is 5.65. The van der Waals surface area contributed by atoms with Crippen LogP contribution in [0.5, 0.6) is 11.5 Å². The molecule has 1 aliphatic heterocycles. The van der Waals surface area contributed by atoms with Crippen LogP contribution in [0.3, 0.4) is 0 Å². The Kier molecular flexibility index (Phi) is 4.95. The van der Waals surface area contributed by atoms with Crippen LogP contribution >= 0.6 is 0 Å². The Morgan fingerprint density at radius 1 is 0.619 bits per heavy atom. The molecule has 2 aromatic heterocycles. The van der Waals surface area contributed by atoms with Gasteiger partial charge in [-0.05, 0) is 79.1 Å². The summed E-state index contributed by atoms with van der Waals surface area (Å²) in [7, 11) is 0. The van der Waals surface area contributed by atoms with Crippen LogP contribution in [0, 0.1) is 6.85 Å². The van der Waals surface area contributed by atoms with Crippen molar-refractivity contribution in [1.29, 1.82) is 0 Å². The fourth-order valence-corrected chi connectivity index (χ4v) is 5.52. The van der Waals surface area contributed by atoms with Gasteiger partial charge in [-0.25, -0.2) is 4.98 Å². The van der Waals surface area contributed by atoms with Gasteiger partial charge >= 0.3 is 0 Å². The van der Waals surface area contributed by atoms with Crippen LogP contribution < -0.4 is 14.9 Å². The second-order valence-electron chi connectivity index (χ2n) is 10.0. The van der Waals surface area contributed by atoms with E-state index in [1.54, 1.807) is 17.3 Å². The third-order valence-corrected chi connectivity index (χ3v) is 7.38. The van der Waals surface area contributed by atoms with Gasteiger partial charge in [-0.1, -0.05) is 54.6 Å². The minimum atomic E-state index is -2.24. The monoisotopic (exact) mass is 549 g/mol. The molecular weight excluding hydrogens is 520 g/mol. The molecule has 7 aromatic rings. The third-order valence-electron chi connectivity index (χ3n) is 7.38. The summed E-state index contributed by atoms with van der Waals surface area (Å²) in [5.41, 5.74) is 5.59. The van der Waals surface area contributed by atoms with Gasteiger partial charge < -0.3 is 4.74 Å². The zero-order valence-electron chi connectivity index (χ0n) is 25.4. The minimum absolute atomic E-state index is 0.235. The number of aromatic nitrogens is 2. The summed E-state index contributed by atoms with van der Waals surface area (Å²) < 4.78 is 32.2. The lowest BCUT2D eigenvalue weighted by atomic mass is 10.1. The first-order chi connectivity index (χ1) is 21.9. The average Bonchev–Trinajstić information content (AvgIpc) is 3.61. The van der Waals surface area contributed by atoms with Crippen molar-refractivity contribution < 1.29 is 13.8 Å². The number of aryl methyl sites for hydroxylation is 1. The Hall–Kier alpha value is -5.59. The van der Waals surface area contributed by atoms with Gasteiger partial charge in [-0.15, -0.1) is 4.94 Å². The molecular formula is C36H26N4O2. The predicted molar refractivity (Wildman–Crippen MR) is 168 cm³/mol. The average molecular weight is 550 g/mol. The number of hydrogen-bond acceptors (Lipinski definition) is 5. The van der Waals surface area contributed by atoms with Crippen molar-refractivity contribution in [3.05, 3.63) is 145 Å². The van der Waals surface area contributed by atoms with Crippen molar-refractivity contribution in [3.8, 4) is 17.3 Å². The Balaban J connectivity index is 1.17. The van der Waals surface area contributed by atoms with Crippen molar-refractivity contribution in [2.24, 2.45) is 0 Å². The van der Waals surface area contributed by atoms with Gasteiger partial charge in [0.15, 0.2) is 0 Å². The molecule has 42 heavy (non-hydrogen) atoms. The van der Waals surface area contributed by atoms with Crippen LogP contribution in [0.2, 0.25) is 0 Å². The van der Waals surface area contributed by atoms with Gasteiger partial charge in [-0.2, -0.15) is 10.1 Å². The lowest BCUT2D eigenvalue weighted by molar-refractivity contribution is 0.156. The maximum Gasteiger partial charge on any atom is 0.137 e. The lowest BCUT2D eigenvalue weighted by Crippen LogP contribution is -2.20. The molecule has 0 atom stereocenters. The summed E-state index contributed by atoms with van der Waals surface area (Å²) in [6, 6.07) is 42.8. The molecule has 0 radical (unpaired) electrons. The number of nitrogens with zero attached hydrogens (tertiary/aromatic N) is 4. The van der Waals surface area contributed by atoms with Crippen LogP contribution in [0.15, 0.2) is 140 Å². The molecule has 6 heteroatoms. The van der Waals surface area contributed by atoms with E-state index in [-0.39, 0.29) is 5.56 Å². The quantitative estimate of drug-likeness (QED) is 0.214. The number of rotatable bonds is 5. The highest BCUT2D eigenvalue weighted by Crippen LogP contribution is 2.45. The smallest absolute Gasteiger partial charge is 0.137 e. The summed E-state index contributed by atoms with van der Waals surface area (Å²) in [6.07, 6.45) is 1.54. The first-order valence-corrected chi connectivity index (χ1v) is 13.6. The van der Waals surface area contributed by atoms with E-state index >= 15 is 0 Å². The van der Waals surface area contributed by atoms with E-state index in [1.165, 1.54) is 6.07 Å². The molecule has 0 bridgehead atoms. The number of pyridine rings is 1. The van der Waals surface area contributed by atoms with Crippen molar-refractivity contribution >= 4 is 44.6 Å². The summed E-state index contributed by atoms with van der Waals surface area (Å²) in [5.74, 6) is 1.79. The Morgan fingerprint density at radius 3 is 2.19 bits per heavy atom. The molecule has 8 rings (SSSR count). The molecule has 0 spiro atoms. The first-order valence-electron chi connectivity index (χ1n) is 15.1. The second-order valence-corrected chi connectivity index (χ2v) is 10.0. The zero-order chi connectivity index (χ0) is 30.5. The lowest BCUT2D eigenvalue weighted by Gasteiger charge is -2.20. The van der Waals surface area contributed by atoms with E-state index < -0.39 is 6.85 Å². The van der Waals surface area contributed by atoms with Crippen molar-refractivity contribution in [2.75, 3.05) is 10.1 Å². The number of para-hydroxylation sites is 4. The van der Waals surface area contributed by atoms with Crippen LogP contribution in [-0.4, -0.2) is 9.55 Å².